The molecule has 15 heavy (non-hydrogen) atoms. The smallest absolute Gasteiger partial charge is 0.00724 e. The quantitative estimate of drug-likeness (QED) is 0.694. The molecule has 2 rings (SSSR count). The van der Waals surface area contributed by atoms with Crippen LogP contribution in [-0.4, -0.2) is 12.6 Å². The minimum atomic E-state index is 0.588. The Bertz CT molecular complexity index is 240. The molecule has 1 saturated carbocycles. The van der Waals surface area contributed by atoms with E-state index in [1.807, 2.05) is 0 Å². The molecule has 0 radical (unpaired) electrons. The molecule has 2 aliphatic rings. The average Bonchev–Trinajstić information content (AvgIpc) is 2.76. The standard InChI is InChI=1S/C14H25N/c1-14(2)9-7-13(11-14)15-10-8-12-5-3-4-6-12/h5,13,15H,3-4,6-11H2,1-2H3. The Labute approximate surface area is 94.3 Å². The molecule has 0 heterocycles. The Morgan fingerprint density at radius 2 is 2.33 bits per heavy atom. The molecule has 1 nitrogen and oxygen atoms in total. The van der Waals surface area contributed by atoms with Gasteiger partial charge in [-0.3, -0.25) is 0 Å². The van der Waals surface area contributed by atoms with Gasteiger partial charge in [-0.2, -0.15) is 0 Å². The molecule has 1 atom stereocenters. The number of allylic oxidation sites excluding steroid dienone is 1. The summed E-state index contributed by atoms with van der Waals surface area (Å²) < 4.78 is 0. The highest BCUT2D eigenvalue weighted by Gasteiger charge is 2.30. The number of nitrogens with one attached hydrogen (secondary N) is 1. The Balaban J connectivity index is 1.62. The van der Waals surface area contributed by atoms with Gasteiger partial charge in [0, 0.05) is 6.04 Å². The van der Waals surface area contributed by atoms with Gasteiger partial charge in [0.2, 0.25) is 0 Å². The summed E-state index contributed by atoms with van der Waals surface area (Å²) in [4.78, 5) is 0. The summed E-state index contributed by atoms with van der Waals surface area (Å²) in [5, 5.41) is 3.72. The molecule has 86 valence electrons. The van der Waals surface area contributed by atoms with Gasteiger partial charge in [0.25, 0.3) is 0 Å². The van der Waals surface area contributed by atoms with Crippen molar-refractivity contribution < 1.29 is 0 Å². The van der Waals surface area contributed by atoms with Crippen LogP contribution in [0.2, 0.25) is 0 Å². The highest BCUT2D eigenvalue weighted by atomic mass is 14.9. The lowest BCUT2D eigenvalue weighted by atomic mass is 9.92. The molecule has 0 amide bonds. The summed E-state index contributed by atoms with van der Waals surface area (Å²) in [6, 6.07) is 0.794. The van der Waals surface area contributed by atoms with Crippen molar-refractivity contribution in [1.29, 1.82) is 0 Å². The Morgan fingerprint density at radius 1 is 1.47 bits per heavy atom. The first-order valence-electron chi connectivity index (χ1n) is 6.57. The average molecular weight is 207 g/mol. The van der Waals surface area contributed by atoms with Crippen LogP contribution in [0.4, 0.5) is 0 Å². The van der Waals surface area contributed by atoms with Crippen molar-refractivity contribution in [2.24, 2.45) is 5.41 Å². The number of hydrogen-bond acceptors (Lipinski definition) is 1. The summed E-state index contributed by atoms with van der Waals surface area (Å²) in [6.07, 6.45) is 12.0. The topological polar surface area (TPSA) is 12.0 Å². The molecule has 1 fully saturated rings. The summed E-state index contributed by atoms with van der Waals surface area (Å²) in [7, 11) is 0. The van der Waals surface area contributed by atoms with E-state index in [0.717, 1.165) is 6.04 Å². The van der Waals surface area contributed by atoms with E-state index in [9.17, 15) is 0 Å². The van der Waals surface area contributed by atoms with Crippen LogP contribution in [0.3, 0.4) is 0 Å². The van der Waals surface area contributed by atoms with Crippen LogP contribution in [0, 0.1) is 5.41 Å². The van der Waals surface area contributed by atoms with Crippen LogP contribution in [0.15, 0.2) is 11.6 Å². The van der Waals surface area contributed by atoms with Crippen molar-refractivity contribution in [3.05, 3.63) is 11.6 Å². The molecule has 0 bridgehead atoms. The molecule has 0 aromatic heterocycles. The van der Waals surface area contributed by atoms with Crippen LogP contribution < -0.4 is 5.32 Å². The van der Waals surface area contributed by atoms with E-state index in [4.69, 9.17) is 0 Å². The van der Waals surface area contributed by atoms with Crippen LogP contribution in [0.5, 0.6) is 0 Å². The molecule has 0 spiro atoms. The molecular formula is C14H25N. The lowest BCUT2D eigenvalue weighted by Gasteiger charge is -2.18. The van der Waals surface area contributed by atoms with E-state index in [2.05, 4.69) is 25.2 Å². The van der Waals surface area contributed by atoms with Gasteiger partial charge in [0.1, 0.15) is 0 Å². The molecule has 2 aliphatic carbocycles. The van der Waals surface area contributed by atoms with E-state index in [1.165, 1.54) is 51.5 Å². The van der Waals surface area contributed by atoms with E-state index in [0.29, 0.717) is 5.41 Å². The van der Waals surface area contributed by atoms with Gasteiger partial charge in [0.15, 0.2) is 0 Å². The zero-order valence-electron chi connectivity index (χ0n) is 10.3. The monoisotopic (exact) mass is 207 g/mol. The second-order valence-corrected chi connectivity index (χ2v) is 6.06. The van der Waals surface area contributed by atoms with Crippen LogP contribution in [-0.2, 0) is 0 Å². The van der Waals surface area contributed by atoms with Crippen molar-refractivity contribution >= 4 is 0 Å². The molecular weight excluding hydrogens is 182 g/mol. The third-order valence-corrected chi connectivity index (χ3v) is 3.98. The largest absolute Gasteiger partial charge is 0.314 e. The maximum absolute atomic E-state index is 3.72. The van der Waals surface area contributed by atoms with Crippen molar-refractivity contribution in [2.45, 2.75) is 64.8 Å². The zero-order chi connectivity index (χ0) is 10.7. The molecule has 1 heteroatoms. The van der Waals surface area contributed by atoms with Gasteiger partial charge < -0.3 is 5.32 Å². The van der Waals surface area contributed by atoms with Crippen molar-refractivity contribution in [3.8, 4) is 0 Å². The molecule has 0 saturated heterocycles. The number of hydrogen-bond donors (Lipinski definition) is 1. The highest BCUT2D eigenvalue weighted by molar-refractivity contribution is 5.07. The third kappa shape index (κ3) is 3.34. The van der Waals surface area contributed by atoms with Gasteiger partial charge >= 0.3 is 0 Å². The minimum Gasteiger partial charge on any atom is -0.314 e. The van der Waals surface area contributed by atoms with Gasteiger partial charge in [-0.1, -0.05) is 25.5 Å². The fourth-order valence-corrected chi connectivity index (χ4v) is 3.01. The van der Waals surface area contributed by atoms with Crippen LogP contribution in [0.1, 0.15) is 58.8 Å². The fourth-order valence-electron chi connectivity index (χ4n) is 3.01. The predicted octanol–water partition coefficient (Wildman–Crippen LogP) is 3.66. The van der Waals surface area contributed by atoms with Crippen molar-refractivity contribution in [2.75, 3.05) is 6.54 Å². The lowest BCUT2D eigenvalue weighted by Crippen LogP contribution is -2.28. The van der Waals surface area contributed by atoms with E-state index >= 15 is 0 Å². The van der Waals surface area contributed by atoms with Gasteiger partial charge in [0.05, 0.1) is 0 Å². The Morgan fingerprint density at radius 3 is 2.93 bits per heavy atom. The Kier molecular flexibility index (Phi) is 3.50. The molecule has 1 unspecified atom stereocenters. The second-order valence-electron chi connectivity index (χ2n) is 6.06. The van der Waals surface area contributed by atoms with Crippen LogP contribution >= 0.6 is 0 Å². The predicted molar refractivity (Wildman–Crippen MR) is 66.0 cm³/mol. The zero-order valence-corrected chi connectivity index (χ0v) is 10.3. The normalized spacial score (nSPS) is 29.5. The SMILES string of the molecule is CC1(C)CCC(NCCC2=CCCC2)C1. The first kappa shape index (κ1) is 11.2. The first-order chi connectivity index (χ1) is 7.16. The fraction of sp³-hybridized carbons (Fsp3) is 0.857. The van der Waals surface area contributed by atoms with Gasteiger partial charge in [-0.25, -0.2) is 0 Å². The minimum absolute atomic E-state index is 0.588. The maximum atomic E-state index is 3.72. The van der Waals surface area contributed by atoms with Crippen molar-refractivity contribution in [3.63, 3.8) is 0 Å². The van der Waals surface area contributed by atoms with E-state index in [1.54, 1.807) is 5.57 Å². The molecule has 1 N–H and O–H groups in total. The van der Waals surface area contributed by atoms with E-state index in [-0.39, 0.29) is 0 Å². The molecule has 0 aromatic carbocycles. The summed E-state index contributed by atoms with van der Waals surface area (Å²) in [5.74, 6) is 0. The summed E-state index contributed by atoms with van der Waals surface area (Å²) in [5.41, 5.74) is 2.28. The number of rotatable bonds is 4. The molecule has 0 aromatic rings. The highest BCUT2D eigenvalue weighted by Crippen LogP contribution is 2.36. The summed E-state index contributed by atoms with van der Waals surface area (Å²) >= 11 is 0. The first-order valence-corrected chi connectivity index (χ1v) is 6.57. The summed E-state index contributed by atoms with van der Waals surface area (Å²) in [6.45, 7) is 5.99. The van der Waals surface area contributed by atoms with Crippen molar-refractivity contribution in [1.82, 2.24) is 5.32 Å². The third-order valence-electron chi connectivity index (χ3n) is 3.98. The van der Waals surface area contributed by atoms with E-state index < -0.39 is 0 Å². The van der Waals surface area contributed by atoms with Gasteiger partial charge in [-0.15, -0.1) is 0 Å². The maximum Gasteiger partial charge on any atom is 0.00724 e. The van der Waals surface area contributed by atoms with Gasteiger partial charge in [-0.05, 0) is 56.9 Å². The second kappa shape index (κ2) is 4.69. The Hall–Kier alpha value is -0.300. The molecule has 0 aliphatic heterocycles. The lowest BCUT2D eigenvalue weighted by molar-refractivity contribution is 0.365. The van der Waals surface area contributed by atoms with Crippen LogP contribution in [0.25, 0.3) is 0 Å².